The van der Waals surface area contributed by atoms with Gasteiger partial charge >= 0.3 is 0 Å². The maximum Gasteiger partial charge on any atom is 0.191 e. The van der Waals surface area contributed by atoms with Crippen molar-refractivity contribution < 1.29 is 4.74 Å². The Bertz CT molecular complexity index is 482. The summed E-state index contributed by atoms with van der Waals surface area (Å²) >= 11 is 0. The number of ether oxygens (including phenoxy) is 1. The van der Waals surface area contributed by atoms with Crippen LogP contribution in [0.2, 0.25) is 0 Å². The van der Waals surface area contributed by atoms with Gasteiger partial charge in [-0.2, -0.15) is 0 Å². The van der Waals surface area contributed by atoms with Crippen LogP contribution in [0.1, 0.15) is 39.3 Å². The van der Waals surface area contributed by atoms with Crippen molar-refractivity contribution in [3.05, 3.63) is 29.8 Å². The monoisotopic (exact) mass is 320 g/mol. The Labute approximate surface area is 141 Å². The highest BCUT2D eigenvalue weighted by Crippen LogP contribution is 2.24. The lowest BCUT2D eigenvalue weighted by Crippen LogP contribution is -2.38. The van der Waals surface area contributed by atoms with E-state index in [1.165, 1.54) is 5.56 Å². The normalized spacial score (nSPS) is 13.2. The van der Waals surface area contributed by atoms with E-state index in [1.807, 2.05) is 12.1 Å². The van der Waals surface area contributed by atoms with Gasteiger partial charge < -0.3 is 15.4 Å². The summed E-state index contributed by atoms with van der Waals surface area (Å²) in [6, 6.07) is 8.42. The highest BCUT2D eigenvalue weighted by molar-refractivity contribution is 5.78. The van der Waals surface area contributed by atoms with Gasteiger partial charge in [-0.3, -0.25) is 9.89 Å². The Kier molecular flexibility index (Phi) is 8.48. The molecule has 1 unspecified atom stereocenters. The summed E-state index contributed by atoms with van der Waals surface area (Å²) in [7, 11) is 1.70. The number of benzene rings is 1. The van der Waals surface area contributed by atoms with Gasteiger partial charge in [0.25, 0.3) is 0 Å². The van der Waals surface area contributed by atoms with E-state index in [0.29, 0.717) is 12.5 Å². The van der Waals surface area contributed by atoms with Crippen LogP contribution in [0.5, 0.6) is 5.75 Å². The zero-order valence-corrected chi connectivity index (χ0v) is 15.2. The fraction of sp³-hybridized carbons (Fsp3) is 0.611. The summed E-state index contributed by atoms with van der Waals surface area (Å²) in [6.07, 6.45) is 0. The molecular weight excluding hydrogens is 288 g/mol. The molecule has 1 atom stereocenters. The van der Waals surface area contributed by atoms with E-state index < -0.39 is 0 Å². The van der Waals surface area contributed by atoms with E-state index in [-0.39, 0.29) is 6.04 Å². The molecule has 0 fully saturated rings. The SMILES string of the molecule is CCN(CC)C(N)=NCC(c1cccc(OC)c1)N(CC)CC. The van der Waals surface area contributed by atoms with Crippen molar-refractivity contribution in [2.45, 2.75) is 33.7 Å². The lowest BCUT2D eigenvalue weighted by atomic mass is 10.0. The molecule has 5 heteroatoms. The number of nitrogens with zero attached hydrogens (tertiary/aromatic N) is 3. The molecule has 0 aliphatic heterocycles. The summed E-state index contributed by atoms with van der Waals surface area (Å²) in [5.41, 5.74) is 7.35. The molecule has 0 heterocycles. The molecule has 0 amide bonds. The van der Waals surface area contributed by atoms with Crippen LogP contribution < -0.4 is 10.5 Å². The molecule has 1 rings (SSSR count). The van der Waals surface area contributed by atoms with Gasteiger partial charge in [-0.15, -0.1) is 0 Å². The Balaban J connectivity index is 3.03. The molecule has 0 saturated carbocycles. The lowest BCUT2D eigenvalue weighted by molar-refractivity contribution is 0.223. The second kappa shape index (κ2) is 10.1. The van der Waals surface area contributed by atoms with Gasteiger partial charge in [0.2, 0.25) is 0 Å². The van der Waals surface area contributed by atoms with Gasteiger partial charge in [-0.1, -0.05) is 26.0 Å². The van der Waals surface area contributed by atoms with Gasteiger partial charge in [0, 0.05) is 13.1 Å². The molecule has 0 spiro atoms. The molecule has 0 bridgehead atoms. The van der Waals surface area contributed by atoms with Crippen LogP contribution in [0, 0.1) is 0 Å². The second-order valence-electron chi connectivity index (χ2n) is 5.38. The summed E-state index contributed by atoms with van der Waals surface area (Å²) < 4.78 is 5.36. The second-order valence-corrected chi connectivity index (χ2v) is 5.38. The summed E-state index contributed by atoms with van der Waals surface area (Å²) in [4.78, 5) is 9.12. The van der Waals surface area contributed by atoms with Gasteiger partial charge in [-0.05, 0) is 44.6 Å². The van der Waals surface area contributed by atoms with E-state index >= 15 is 0 Å². The number of methoxy groups -OCH3 is 1. The topological polar surface area (TPSA) is 54.1 Å². The molecular formula is C18H32N4O. The molecule has 2 N–H and O–H groups in total. The van der Waals surface area contributed by atoms with Crippen molar-refractivity contribution in [2.75, 3.05) is 39.8 Å². The van der Waals surface area contributed by atoms with Crippen molar-refractivity contribution in [1.82, 2.24) is 9.80 Å². The standard InChI is InChI=1S/C18H32N4O/c1-6-21(7-2)17(14-20-18(19)22(8-3)9-4)15-11-10-12-16(13-15)23-5/h10-13,17H,6-9,14H2,1-5H3,(H2,19,20). The number of hydrogen-bond donors (Lipinski definition) is 1. The first-order valence-corrected chi connectivity index (χ1v) is 8.53. The number of rotatable bonds is 9. The third-order valence-corrected chi connectivity index (χ3v) is 4.25. The van der Waals surface area contributed by atoms with Crippen molar-refractivity contribution in [3.8, 4) is 5.75 Å². The Morgan fingerprint density at radius 3 is 2.30 bits per heavy atom. The van der Waals surface area contributed by atoms with Crippen LogP contribution in [-0.4, -0.2) is 55.6 Å². The maximum atomic E-state index is 6.14. The molecule has 0 aromatic heterocycles. The number of hydrogen-bond acceptors (Lipinski definition) is 3. The molecule has 0 aliphatic rings. The highest BCUT2D eigenvalue weighted by Gasteiger charge is 2.18. The Morgan fingerprint density at radius 1 is 1.13 bits per heavy atom. The van der Waals surface area contributed by atoms with Crippen molar-refractivity contribution in [1.29, 1.82) is 0 Å². The van der Waals surface area contributed by atoms with Gasteiger partial charge in [-0.25, -0.2) is 0 Å². The molecule has 0 radical (unpaired) electrons. The predicted octanol–water partition coefficient (Wildman–Crippen LogP) is 2.73. The first-order valence-electron chi connectivity index (χ1n) is 8.53. The number of nitrogens with two attached hydrogens (primary N) is 1. The molecule has 23 heavy (non-hydrogen) atoms. The third kappa shape index (κ3) is 5.43. The average molecular weight is 320 g/mol. The van der Waals surface area contributed by atoms with Crippen molar-refractivity contribution in [2.24, 2.45) is 10.7 Å². The maximum absolute atomic E-state index is 6.14. The molecule has 0 saturated heterocycles. The number of guanidine groups is 1. The third-order valence-electron chi connectivity index (χ3n) is 4.25. The zero-order chi connectivity index (χ0) is 17.2. The minimum atomic E-state index is 0.203. The first-order chi connectivity index (χ1) is 11.1. The molecule has 0 aliphatic carbocycles. The molecule has 1 aromatic rings. The molecule has 5 nitrogen and oxygen atoms in total. The van der Waals surface area contributed by atoms with E-state index in [1.54, 1.807) is 7.11 Å². The minimum absolute atomic E-state index is 0.203. The van der Waals surface area contributed by atoms with Crippen molar-refractivity contribution >= 4 is 5.96 Å². The summed E-state index contributed by atoms with van der Waals surface area (Å²) in [5, 5.41) is 0. The largest absolute Gasteiger partial charge is 0.497 e. The van der Waals surface area contributed by atoms with Crippen LogP contribution in [0.4, 0.5) is 0 Å². The smallest absolute Gasteiger partial charge is 0.191 e. The van der Waals surface area contributed by atoms with E-state index in [9.17, 15) is 0 Å². The Morgan fingerprint density at radius 2 is 1.78 bits per heavy atom. The highest BCUT2D eigenvalue weighted by atomic mass is 16.5. The van der Waals surface area contributed by atoms with E-state index in [4.69, 9.17) is 10.5 Å². The van der Waals surface area contributed by atoms with Crippen LogP contribution in [-0.2, 0) is 0 Å². The molecule has 130 valence electrons. The quantitative estimate of drug-likeness (QED) is 0.561. The van der Waals surface area contributed by atoms with Crippen molar-refractivity contribution in [3.63, 3.8) is 0 Å². The van der Waals surface area contributed by atoms with E-state index in [2.05, 4.69) is 54.6 Å². The number of likely N-dealkylation sites (N-methyl/N-ethyl adjacent to an activating group) is 1. The van der Waals surface area contributed by atoms with Gasteiger partial charge in [0.1, 0.15) is 5.75 Å². The fourth-order valence-electron chi connectivity index (χ4n) is 2.77. The van der Waals surface area contributed by atoms with E-state index in [0.717, 1.165) is 31.9 Å². The van der Waals surface area contributed by atoms with Crippen LogP contribution in [0.15, 0.2) is 29.3 Å². The van der Waals surface area contributed by atoms with Crippen LogP contribution in [0.25, 0.3) is 0 Å². The lowest BCUT2D eigenvalue weighted by Gasteiger charge is -2.29. The Hall–Kier alpha value is -1.75. The average Bonchev–Trinajstić information content (AvgIpc) is 2.59. The predicted molar refractivity (Wildman–Crippen MR) is 98.1 cm³/mol. The zero-order valence-electron chi connectivity index (χ0n) is 15.2. The molecule has 1 aromatic carbocycles. The van der Waals surface area contributed by atoms with Crippen LogP contribution >= 0.6 is 0 Å². The first kappa shape index (κ1) is 19.3. The van der Waals surface area contributed by atoms with Gasteiger partial charge in [0.15, 0.2) is 5.96 Å². The fourth-order valence-corrected chi connectivity index (χ4v) is 2.77. The minimum Gasteiger partial charge on any atom is -0.497 e. The summed E-state index contributed by atoms with van der Waals surface area (Å²) in [6.45, 7) is 12.9. The number of aliphatic imine (C=N–C) groups is 1. The van der Waals surface area contributed by atoms with Crippen LogP contribution in [0.3, 0.4) is 0 Å². The van der Waals surface area contributed by atoms with Gasteiger partial charge in [0.05, 0.1) is 19.7 Å². The summed E-state index contributed by atoms with van der Waals surface area (Å²) in [5.74, 6) is 1.50.